The molecule has 0 heterocycles. The van der Waals surface area contributed by atoms with Crippen LogP contribution in [0.5, 0.6) is 0 Å². The lowest BCUT2D eigenvalue weighted by molar-refractivity contribution is -0.149. The summed E-state index contributed by atoms with van der Waals surface area (Å²) < 4.78 is 11.4. The van der Waals surface area contributed by atoms with E-state index in [4.69, 9.17) is 9.47 Å². The first-order valence-electron chi connectivity index (χ1n) is 18.7. The summed E-state index contributed by atoms with van der Waals surface area (Å²) in [6.45, 7) is 11.4. The summed E-state index contributed by atoms with van der Waals surface area (Å²) in [7, 11) is 1.92. The Labute approximate surface area is 268 Å². The van der Waals surface area contributed by atoms with Crippen molar-refractivity contribution in [2.45, 2.75) is 194 Å². The second-order valence-corrected chi connectivity index (χ2v) is 13.0. The molecule has 1 N–H and O–H groups in total. The predicted molar refractivity (Wildman–Crippen MR) is 184 cm³/mol. The van der Waals surface area contributed by atoms with Crippen LogP contribution >= 0.6 is 0 Å². The topological polar surface area (TPSA) is 67.9 Å². The van der Waals surface area contributed by atoms with Crippen LogP contribution in [0.4, 0.5) is 0 Å². The maximum absolute atomic E-state index is 12.5. The number of nitrogens with one attached hydrogen (secondary N) is 1. The minimum atomic E-state index is -0.137. The van der Waals surface area contributed by atoms with E-state index < -0.39 is 0 Å². The molecule has 6 nitrogen and oxygen atoms in total. The molecule has 0 bridgehead atoms. The van der Waals surface area contributed by atoms with Crippen LogP contribution in [-0.2, 0) is 19.1 Å². The number of likely N-dealkylation sites (N-methyl/N-ethyl adjacent to an activating group) is 1. The first-order valence-corrected chi connectivity index (χ1v) is 18.7. The highest BCUT2D eigenvalue weighted by Gasteiger charge is 2.15. The van der Waals surface area contributed by atoms with Gasteiger partial charge in [0, 0.05) is 26.2 Å². The molecule has 2 atom stereocenters. The molecular weight excluding hydrogens is 536 g/mol. The van der Waals surface area contributed by atoms with Gasteiger partial charge in [0.25, 0.3) is 0 Å². The molecule has 256 valence electrons. The molecule has 0 aliphatic carbocycles. The van der Waals surface area contributed by atoms with E-state index in [0.717, 1.165) is 38.8 Å². The van der Waals surface area contributed by atoms with Crippen molar-refractivity contribution in [1.29, 1.82) is 0 Å². The zero-order valence-electron chi connectivity index (χ0n) is 29.5. The Morgan fingerprint density at radius 3 is 1.19 bits per heavy atom. The van der Waals surface area contributed by atoms with Crippen molar-refractivity contribution >= 4 is 11.9 Å². The molecule has 0 aliphatic rings. The van der Waals surface area contributed by atoms with Gasteiger partial charge in [0.1, 0.15) is 0 Å². The monoisotopic (exact) mass is 611 g/mol. The lowest BCUT2D eigenvalue weighted by atomic mass is 10.0. The Morgan fingerprint density at radius 1 is 0.535 bits per heavy atom. The molecule has 6 heteroatoms. The minimum absolute atomic E-state index is 0.0284. The van der Waals surface area contributed by atoms with Gasteiger partial charge in [-0.05, 0) is 46.6 Å². The van der Waals surface area contributed by atoms with Gasteiger partial charge < -0.3 is 19.7 Å². The number of nitrogens with zero attached hydrogens (tertiary/aromatic N) is 1. The Hall–Kier alpha value is -1.14. The zero-order valence-corrected chi connectivity index (χ0v) is 29.5. The first-order chi connectivity index (χ1) is 20.9. The van der Waals surface area contributed by atoms with E-state index in [9.17, 15) is 9.59 Å². The fourth-order valence-electron chi connectivity index (χ4n) is 5.63. The number of carbonyl (C=O) groups is 2. The Morgan fingerprint density at radius 2 is 0.860 bits per heavy atom. The molecule has 0 aromatic carbocycles. The predicted octanol–water partition coefficient (Wildman–Crippen LogP) is 9.77. The molecule has 2 unspecified atom stereocenters. The number of unbranched alkanes of at least 4 members (excludes halogenated alkanes) is 18. The van der Waals surface area contributed by atoms with Gasteiger partial charge in [0.2, 0.25) is 0 Å². The lowest BCUT2D eigenvalue weighted by Gasteiger charge is -2.22. The standard InChI is InChI=1S/C37H74N2O4/c1-6-8-10-12-14-16-18-20-22-24-26-34(3)42-36(40)28-31-39(33-30-38-5)32-29-37(41)43-35(4)27-25-23-21-19-17-15-13-11-9-7-2/h34-35,38H,6-33H2,1-5H3. The maximum atomic E-state index is 12.5. The third-order valence-corrected chi connectivity index (χ3v) is 8.54. The highest BCUT2D eigenvalue weighted by molar-refractivity contribution is 5.70. The molecule has 0 saturated carbocycles. The molecule has 0 aliphatic heterocycles. The van der Waals surface area contributed by atoms with E-state index in [-0.39, 0.29) is 24.1 Å². The van der Waals surface area contributed by atoms with Crippen molar-refractivity contribution in [3.63, 3.8) is 0 Å². The van der Waals surface area contributed by atoms with Crippen molar-refractivity contribution in [1.82, 2.24) is 10.2 Å². The van der Waals surface area contributed by atoms with Crippen LogP contribution in [0.2, 0.25) is 0 Å². The molecule has 43 heavy (non-hydrogen) atoms. The number of rotatable bonds is 33. The fraction of sp³-hybridized carbons (Fsp3) is 0.946. The summed E-state index contributed by atoms with van der Waals surface area (Å²) >= 11 is 0. The van der Waals surface area contributed by atoms with Gasteiger partial charge in [-0.3, -0.25) is 9.59 Å². The van der Waals surface area contributed by atoms with Crippen LogP contribution in [0.3, 0.4) is 0 Å². The summed E-state index contributed by atoms with van der Waals surface area (Å²) in [6.07, 6.45) is 28.8. The minimum Gasteiger partial charge on any atom is -0.463 e. The summed E-state index contributed by atoms with van der Waals surface area (Å²) in [4.78, 5) is 27.1. The largest absolute Gasteiger partial charge is 0.463 e. The molecule has 0 saturated heterocycles. The van der Waals surface area contributed by atoms with Gasteiger partial charge >= 0.3 is 11.9 Å². The smallest absolute Gasteiger partial charge is 0.307 e. The molecule has 0 spiro atoms. The summed E-state index contributed by atoms with van der Waals surface area (Å²) in [5.41, 5.74) is 0. The Bertz CT molecular complexity index is 567. The molecule has 0 aromatic rings. The van der Waals surface area contributed by atoms with E-state index in [2.05, 4.69) is 24.1 Å². The van der Waals surface area contributed by atoms with Crippen LogP contribution in [0.15, 0.2) is 0 Å². The third-order valence-electron chi connectivity index (χ3n) is 8.54. The Balaban J connectivity index is 3.98. The Kier molecular flexibility index (Phi) is 31.4. The number of ether oxygens (including phenoxy) is 2. The van der Waals surface area contributed by atoms with Crippen molar-refractivity contribution in [2.75, 3.05) is 33.2 Å². The van der Waals surface area contributed by atoms with Gasteiger partial charge in [-0.25, -0.2) is 0 Å². The molecule has 0 aromatic heterocycles. The second-order valence-electron chi connectivity index (χ2n) is 13.0. The van der Waals surface area contributed by atoms with E-state index >= 15 is 0 Å². The van der Waals surface area contributed by atoms with Crippen LogP contribution < -0.4 is 5.32 Å². The number of esters is 2. The van der Waals surface area contributed by atoms with Crippen LogP contribution in [-0.4, -0.2) is 62.3 Å². The average molecular weight is 611 g/mol. The highest BCUT2D eigenvalue weighted by Crippen LogP contribution is 2.15. The first kappa shape index (κ1) is 41.9. The van der Waals surface area contributed by atoms with Crippen molar-refractivity contribution < 1.29 is 19.1 Å². The zero-order chi connectivity index (χ0) is 31.8. The molecular formula is C37H74N2O4. The van der Waals surface area contributed by atoms with Gasteiger partial charge in [-0.2, -0.15) is 0 Å². The van der Waals surface area contributed by atoms with Gasteiger partial charge in [-0.15, -0.1) is 0 Å². The lowest BCUT2D eigenvalue weighted by Crippen LogP contribution is -2.35. The highest BCUT2D eigenvalue weighted by atomic mass is 16.5. The molecule has 0 rings (SSSR count). The molecule has 0 radical (unpaired) electrons. The summed E-state index contributed by atoms with van der Waals surface area (Å²) in [5, 5.41) is 3.17. The van der Waals surface area contributed by atoms with Gasteiger partial charge in [0.05, 0.1) is 25.0 Å². The van der Waals surface area contributed by atoms with Crippen molar-refractivity contribution in [2.24, 2.45) is 0 Å². The van der Waals surface area contributed by atoms with Gasteiger partial charge in [0.15, 0.2) is 0 Å². The summed E-state index contributed by atoms with van der Waals surface area (Å²) in [6, 6.07) is 0. The van der Waals surface area contributed by atoms with Crippen LogP contribution in [0.25, 0.3) is 0 Å². The van der Waals surface area contributed by atoms with Crippen LogP contribution in [0, 0.1) is 0 Å². The summed E-state index contributed by atoms with van der Waals surface area (Å²) in [5.74, 6) is -0.275. The van der Waals surface area contributed by atoms with E-state index in [1.54, 1.807) is 0 Å². The van der Waals surface area contributed by atoms with E-state index in [1.165, 1.54) is 116 Å². The number of carbonyl (C=O) groups excluding carboxylic acids is 2. The van der Waals surface area contributed by atoms with E-state index in [1.807, 2.05) is 20.9 Å². The number of hydrogen-bond donors (Lipinski definition) is 1. The van der Waals surface area contributed by atoms with Crippen LogP contribution in [0.1, 0.15) is 182 Å². The van der Waals surface area contributed by atoms with Gasteiger partial charge in [-0.1, -0.05) is 129 Å². The SMILES string of the molecule is CCCCCCCCCCCCC(C)OC(=O)CCN(CCNC)CCC(=O)OC(C)CCCCCCCCCCCC. The molecule has 0 fully saturated rings. The van der Waals surface area contributed by atoms with Crippen molar-refractivity contribution in [3.05, 3.63) is 0 Å². The average Bonchev–Trinajstić information content (AvgIpc) is 2.98. The van der Waals surface area contributed by atoms with Crippen molar-refractivity contribution in [3.8, 4) is 0 Å². The normalized spacial score (nSPS) is 12.9. The van der Waals surface area contributed by atoms with E-state index in [0.29, 0.717) is 25.9 Å². The third kappa shape index (κ3) is 30.7. The second kappa shape index (κ2) is 32.3. The maximum Gasteiger partial charge on any atom is 0.307 e. The fourth-order valence-corrected chi connectivity index (χ4v) is 5.63. The quantitative estimate of drug-likeness (QED) is 0.0589. The molecule has 0 amide bonds. The number of hydrogen-bond acceptors (Lipinski definition) is 6.